The minimum atomic E-state index is -3.40. The number of hydrogen-bond donors (Lipinski definition) is 2. The Morgan fingerprint density at radius 3 is 2.75 bits per heavy atom. The highest BCUT2D eigenvalue weighted by molar-refractivity contribution is 7.89. The first kappa shape index (κ1) is 15.4. The van der Waals surface area contributed by atoms with E-state index in [1.807, 2.05) is 6.07 Å². The Morgan fingerprint density at radius 1 is 1.25 bits per heavy atom. The molecule has 0 spiro atoms. The molecule has 0 fully saturated rings. The largest absolute Gasteiger partial charge is 0.393 e. The van der Waals surface area contributed by atoms with Gasteiger partial charge in [-0.25, -0.2) is 13.1 Å². The predicted molar refractivity (Wildman–Crippen MR) is 84.3 cm³/mol. The number of thiocarbonyl (C=S) groups is 1. The van der Waals surface area contributed by atoms with Crippen LogP contribution in [0.5, 0.6) is 0 Å². The first-order valence-corrected chi connectivity index (χ1v) is 8.78. The summed E-state index contributed by atoms with van der Waals surface area (Å²) in [6.07, 6.45) is 5.36. The van der Waals surface area contributed by atoms with Crippen molar-refractivity contribution in [2.45, 2.75) is 43.4 Å². The number of rotatable bonds is 7. The van der Waals surface area contributed by atoms with Crippen LogP contribution in [-0.4, -0.2) is 20.0 Å². The van der Waals surface area contributed by atoms with Crippen LogP contribution in [0.4, 0.5) is 0 Å². The predicted octanol–water partition coefficient (Wildman–Crippen LogP) is 1.91. The maximum atomic E-state index is 12.2. The standard InChI is InChI=1S/C14H20N2O2S2/c15-14(19)6-1-2-9-16-20(17,18)13-8-7-11-4-3-5-12(11)10-13/h7-8,10,16H,1-6,9H2,(H2,15,19). The molecule has 0 bridgehead atoms. The van der Waals surface area contributed by atoms with E-state index in [9.17, 15) is 8.42 Å². The molecule has 0 aliphatic heterocycles. The Bertz CT molecular complexity index is 597. The molecule has 0 radical (unpaired) electrons. The number of unbranched alkanes of at least 4 members (excludes halogenated alkanes) is 1. The molecule has 4 nitrogen and oxygen atoms in total. The lowest BCUT2D eigenvalue weighted by Crippen LogP contribution is -2.25. The SMILES string of the molecule is NC(=S)CCCCNS(=O)(=O)c1ccc2c(c1)CCC2. The highest BCUT2D eigenvalue weighted by Gasteiger charge is 2.17. The van der Waals surface area contributed by atoms with E-state index in [-0.39, 0.29) is 0 Å². The smallest absolute Gasteiger partial charge is 0.240 e. The zero-order valence-electron chi connectivity index (χ0n) is 11.4. The summed E-state index contributed by atoms with van der Waals surface area (Å²) in [6, 6.07) is 5.44. The molecule has 1 aromatic carbocycles. The zero-order chi connectivity index (χ0) is 14.6. The first-order chi connectivity index (χ1) is 9.49. The lowest BCUT2D eigenvalue weighted by molar-refractivity contribution is 0.577. The molecule has 0 saturated heterocycles. The Morgan fingerprint density at radius 2 is 2.00 bits per heavy atom. The summed E-state index contributed by atoms with van der Waals surface area (Å²) in [5, 5.41) is 0. The quantitative estimate of drug-likeness (QED) is 0.596. The van der Waals surface area contributed by atoms with Crippen LogP contribution in [0, 0.1) is 0 Å². The number of nitrogens with one attached hydrogen (secondary N) is 1. The van der Waals surface area contributed by atoms with Gasteiger partial charge in [-0.15, -0.1) is 0 Å². The van der Waals surface area contributed by atoms with E-state index in [0.717, 1.165) is 32.1 Å². The number of aryl methyl sites for hydroxylation is 2. The van der Waals surface area contributed by atoms with Crippen LogP contribution in [-0.2, 0) is 22.9 Å². The highest BCUT2D eigenvalue weighted by Crippen LogP contribution is 2.24. The second kappa shape index (κ2) is 6.65. The second-order valence-corrected chi connectivity index (χ2v) is 7.40. The number of benzene rings is 1. The summed E-state index contributed by atoms with van der Waals surface area (Å²) in [5.41, 5.74) is 7.84. The Balaban J connectivity index is 1.91. The van der Waals surface area contributed by atoms with Crippen molar-refractivity contribution >= 4 is 27.2 Å². The Hall–Kier alpha value is -0.980. The topological polar surface area (TPSA) is 72.2 Å². The van der Waals surface area contributed by atoms with Gasteiger partial charge >= 0.3 is 0 Å². The Kier molecular flexibility index (Phi) is 5.12. The van der Waals surface area contributed by atoms with Crippen molar-refractivity contribution in [3.63, 3.8) is 0 Å². The van der Waals surface area contributed by atoms with Gasteiger partial charge in [-0.05, 0) is 61.8 Å². The van der Waals surface area contributed by atoms with Crippen LogP contribution in [0.2, 0.25) is 0 Å². The van der Waals surface area contributed by atoms with Crippen LogP contribution in [0.3, 0.4) is 0 Å². The molecule has 1 aliphatic carbocycles. The van der Waals surface area contributed by atoms with Crippen molar-refractivity contribution in [2.75, 3.05) is 6.54 Å². The number of hydrogen-bond acceptors (Lipinski definition) is 3. The third kappa shape index (κ3) is 4.01. The van der Waals surface area contributed by atoms with Gasteiger partial charge in [-0.3, -0.25) is 0 Å². The minimum absolute atomic E-state index is 0.368. The van der Waals surface area contributed by atoms with Gasteiger partial charge < -0.3 is 5.73 Å². The van der Waals surface area contributed by atoms with E-state index in [1.165, 1.54) is 11.1 Å². The molecule has 0 saturated carbocycles. The van der Waals surface area contributed by atoms with Gasteiger partial charge in [0.25, 0.3) is 0 Å². The maximum absolute atomic E-state index is 12.2. The van der Waals surface area contributed by atoms with E-state index < -0.39 is 10.0 Å². The normalized spacial score (nSPS) is 14.2. The molecule has 0 atom stereocenters. The molecule has 0 heterocycles. The van der Waals surface area contributed by atoms with Gasteiger partial charge in [0.1, 0.15) is 0 Å². The van der Waals surface area contributed by atoms with Gasteiger partial charge in [0, 0.05) is 6.54 Å². The molecule has 0 unspecified atom stereocenters. The summed E-state index contributed by atoms with van der Waals surface area (Å²) in [7, 11) is -3.40. The lowest BCUT2D eigenvalue weighted by Gasteiger charge is -2.08. The molecular weight excluding hydrogens is 292 g/mol. The van der Waals surface area contributed by atoms with Gasteiger partial charge in [-0.2, -0.15) is 0 Å². The van der Waals surface area contributed by atoms with Crippen LogP contribution in [0.25, 0.3) is 0 Å². The van der Waals surface area contributed by atoms with Crippen molar-refractivity contribution in [3.05, 3.63) is 29.3 Å². The van der Waals surface area contributed by atoms with Crippen molar-refractivity contribution < 1.29 is 8.42 Å². The molecular formula is C14H20N2O2S2. The van der Waals surface area contributed by atoms with E-state index in [1.54, 1.807) is 12.1 Å². The summed E-state index contributed by atoms with van der Waals surface area (Å²) in [6.45, 7) is 0.419. The average molecular weight is 312 g/mol. The van der Waals surface area contributed by atoms with E-state index in [2.05, 4.69) is 4.72 Å². The summed E-state index contributed by atoms with van der Waals surface area (Å²) in [4.78, 5) is 0.846. The van der Waals surface area contributed by atoms with Crippen LogP contribution in [0.1, 0.15) is 36.8 Å². The fourth-order valence-corrected chi connectivity index (χ4v) is 3.70. The number of fused-ring (bicyclic) bond motifs is 1. The van der Waals surface area contributed by atoms with Gasteiger partial charge in [0.15, 0.2) is 0 Å². The van der Waals surface area contributed by atoms with Crippen molar-refractivity contribution in [1.82, 2.24) is 4.72 Å². The molecule has 3 N–H and O–H groups in total. The fraction of sp³-hybridized carbons (Fsp3) is 0.500. The first-order valence-electron chi connectivity index (χ1n) is 6.89. The van der Waals surface area contributed by atoms with Crippen molar-refractivity contribution in [1.29, 1.82) is 0 Å². The molecule has 110 valence electrons. The highest BCUT2D eigenvalue weighted by atomic mass is 32.2. The van der Waals surface area contributed by atoms with E-state index in [0.29, 0.717) is 22.8 Å². The zero-order valence-corrected chi connectivity index (χ0v) is 13.0. The molecule has 1 aromatic rings. The number of nitrogens with two attached hydrogens (primary N) is 1. The molecule has 6 heteroatoms. The summed E-state index contributed by atoms with van der Waals surface area (Å²) in [5.74, 6) is 0. The lowest BCUT2D eigenvalue weighted by atomic mass is 10.1. The van der Waals surface area contributed by atoms with Crippen LogP contribution >= 0.6 is 12.2 Å². The molecule has 2 rings (SSSR count). The maximum Gasteiger partial charge on any atom is 0.240 e. The van der Waals surface area contributed by atoms with Crippen molar-refractivity contribution in [3.8, 4) is 0 Å². The summed E-state index contributed by atoms with van der Waals surface area (Å²) < 4.78 is 27.0. The molecule has 0 amide bonds. The van der Waals surface area contributed by atoms with Gasteiger partial charge in [0.05, 0.1) is 9.88 Å². The average Bonchev–Trinajstić information content (AvgIpc) is 2.85. The minimum Gasteiger partial charge on any atom is -0.393 e. The molecule has 1 aliphatic rings. The second-order valence-electron chi connectivity index (χ2n) is 5.11. The molecule has 20 heavy (non-hydrogen) atoms. The third-order valence-electron chi connectivity index (χ3n) is 3.52. The Labute approximate surface area is 125 Å². The van der Waals surface area contributed by atoms with Crippen LogP contribution in [0.15, 0.2) is 23.1 Å². The van der Waals surface area contributed by atoms with Gasteiger partial charge in [-0.1, -0.05) is 18.3 Å². The van der Waals surface area contributed by atoms with Gasteiger partial charge in [0.2, 0.25) is 10.0 Å². The van der Waals surface area contributed by atoms with E-state index >= 15 is 0 Å². The number of sulfonamides is 1. The van der Waals surface area contributed by atoms with E-state index in [4.69, 9.17) is 18.0 Å². The summed E-state index contributed by atoms with van der Waals surface area (Å²) >= 11 is 4.78. The third-order valence-corrected chi connectivity index (χ3v) is 5.19. The van der Waals surface area contributed by atoms with Crippen LogP contribution < -0.4 is 10.5 Å². The molecule has 0 aromatic heterocycles. The fourth-order valence-electron chi connectivity index (χ4n) is 2.43. The van der Waals surface area contributed by atoms with Crippen molar-refractivity contribution in [2.24, 2.45) is 5.73 Å². The monoisotopic (exact) mass is 312 g/mol.